The summed E-state index contributed by atoms with van der Waals surface area (Å²) in [5.74, 6) is 0.695. The number of nitrogens with one attached hydrogen (secondary N) is 1. The molecule has 1 aromatic heterocycles. The molecule has 0 bridgehead atoms. The van der Waals surface area contributed by atoms with Gasteiger partial charge in [0.1, 0.15) is 0 Å². The van der Waals surface area contributed by atoms with E-state index < -0.39 is 10.0 Å². The molecule has 1 saturated carbocycles. The highest BCUT2D eigenvalue weighted by Crippen LogP contribution is 2.28. The highest BCUT2D eigenvalue weighted by atomic mass is 32.2. The predicted octanol–water partition coefficient (Wildman–Crippen LogP) is 1.01. The number of rotatable bonds is 6. The third-order valence-electron chi connectivity index (χ3n) is 3.38. The van der Waals surface area contributed by atoms with Gasteiger partial charge in [-0.1, -0.05) is 25.3 Å². The molecule has 1 heterocycles. The second-order valence-electron chi connectivity index (χ2n) is 4.69. The zero-order valence-electron chi connectivity index (χ0n) is 10.3. The summed E-state index contributed by atoms with van der Waals surface area (Å²) >= 11 is 0. The van der Waals surface area contributed by atoms with Crippen molar-refractivity contribution in [2.24, 2.45) is 11.7 Å². The van der Waals surface area contributed by atoms with Crippen molar-refractivity contribution in [1.82, 2.24) is 9.71 Å². The molecule has 5 nitrogen and oxygen atoms in total. The maximum absolute atomic E-state index is 11.9. The lowest BCUT2D eigenvalue weighted by atomic mass is 9.83. The first-order chi connectivity index (χ1) is 8.62. The van der Waals surface area contributed by atoms with E-state index in [4.69, 9.17) is 5.73 Å². The molecule has 1 aliphatic carbocycles. The Balaban J connectivity index is 1.91. The number of hydrogen-bond donors (Lipinski definition) is 2. The number of nitrogens with zero attached hydrogens (tertiary/aromatic N) is 1. The van der Waals surface area contributed by atoms with Crippen LogP contribution in [0.5, 0.6) is 0 Å². The van der Waals surface area contributed by atoms with E-state index in [2.05, 4.69) is 9.71 Å². The second kappa shape index (κ2) is 5.77. The van der Waals surface area contributed by atoms with Gasteiger partial charge in [-0.05, 0) is 24.0 Å². The highest BCUT2D eigenvalue weighted by Gasteiger charge is 2.19. The quantitative estimate of drug-likeness (QED) is 0.807. The largest absolute Gasteiger partial charge is 0.326 e. The van der Waals surface area contributed by atoms with Crippen molar-refractivity contribution in [1.29, 1.82) is 0 Å². The smallest absolute Gasteiger partial charge is 0.258 e. The molecule has 1 fully saturated rings. The zero-order chi connectivity index (χ0) is 13.0. The molecule has 6 heteroatoms. The fraction of sp³-hybridized carbons (Fsp3) is 0.583. The molecule has 0 aliphatic heterocycles. The van der Waals surface area contributed by atoms with Crippen molar-refractivity contribution in [2.45, 2.75) is 37.3 Å². The van der Waals surface area contributed by atoms with E-state index in [1.54, 1.807) is 6.07 Å². The van der Waals surface area contributed by atoms with E-state index >= 15 is 0 Å². The van der Waals surface area contributed by atoms with Gasteiger partial charge in [0.05, 0.1) is 0 Å². The molecular weight excluding hydrogens is 250 g/mol. The van der Waals surface area contributed by atoms with E-state index in [-0.39, 0.29) is 5.03 Å². The number of sulfonamides is 1. The molecular formula is C12H19N3O2S. The van der Waals surface area contributed by atoms with E-state index in [0.717, 1.165) is 12.0 Å². The molecule has 2 rings (SSSR count). The maximum Gasteiger partial charge on any atom is 0.258 e. The maximum atomic E-state index is 11.9. The van der Waals surface area contributed by atoms with Crippen LogP contribution in [0.2, 0.25) is 0 Å². The van der Waals surface area contributed by atoms with Gasteiger partial charge in [0.2, 0.25) is 0 Å². The number of hydrogen-bond acceptors (Lipinski definition) is 4. The van der Waals surface area contributed by atoms with E-state index in [0.29, 0.717) is 19.0 Å². The summed E-state index contributed by atoms with van der Waals surface area (Å²) in [7, 11) is -3.47. The highest BCUT2D eigenvalue weighted by molar-refractivity contribution is 7.89. The minimum atomic E-state index is -3.47. The SMILES string of the molecule is NCc1ccc(S(=O)(=O)NCCC2CCC2)nc1. The van der Waals surface area contributed by atoms with Gasteiger partial charge in [0.25, 0.3) is 10.0 Å². The lowest BCUT2D eigenvalue weighted by Crippen LogP contribution is -2.28. The van der Waals surface area contributed by atoms with Crippen molar-refractivity contribution >= 4 is 10.0 Å². The van der Waals surface area contributed by atoms with Gasteiger partial charge >= 0.3 is 0 Å². The monoisotopic (exact) mass is 269 g/mol. The molecule has 0 aromatic carbocycles. The van der Waals surface area contributed by atoms with Gasteiger partial charge in [-0.25, -0.2) is 18.1 Å². The summed E-state index contributed by atoms with van der Waals surface area (Å²) in [4.78, 5) is 3.92. The Morgan fingerprint density at radius 3 is 2.67 bits per heavy atom. The predicted molar refractivity (Wildman–Crippen MR) is 69.3 cm³/mol. The summed E-state index contributed by atoms with van der Waals surface area (Å²) < 4.78 is 26.4. The van der Waals surface area contributed by atoms with Crippen LogP contribution in [0.1, 0.15) is 31.2 Å². The Labute approximate surface area is 108 Å². The van der Waals surface area contributed by atoms with Crippen LogP contribution in [-0.4, -0.2) is 19.9 Å². The average molecular weight is 269 g/mol. The van der Waals surface area contributed by atoms with Crippen molar-refractivity contribution in [2.75, 3.05) is 6.54 Å². The average Bonchev–Trinajstić information content (AvgIpc) is 2.32. The van der Waals surface area contributed by atoms with Crippen LogP contribution in [0.15, 0.2) is 23.4 Å². The van der Waals surface area contributed by atoms with Crippen LogP contribution in [0, 0.1) is 5.92 Å². The van der Waals surface area contributed by atoms with Gasteiger partial charge in [-0.3, -0.25) is 0 Å². The van der Waals surface area contributed by atoms with Gasteiger partial charge in [-0.15, -0.1) is 0 Å². The van der Waals surface area contributed by atoms with Gasteiger partial charge in [-0.2, -0.15) is 0 Å². The van der Waals surface area contributed by atoms with Gasteiger partial charge in [0.15, 0.2) is 5.03 Å². The topological polar surface area (TPSA) is 85.1 Å². The van der Waals surface area contributed by atoms with E-state index in [1.807, 2.05) is 0 Å². The van der Waals surface area contributed by atoms with Crippen molar-refractivity contribution in [3.05, 3.63) is 23.9 Å². The molecule has 100 valence electrons. The number of nitrogens with two attached hydrogens (primary N) is 1. The van der Waals surface area contributed by atoms with Crippen LogP contribution >= 0.6 is 0 Å². The lowest BCUT2D eigenvalue weighted by molar-refractivity contribution is 0.297. The molecule has 0 radical (unpaired) electrons. The summed E-state index contributed by atoms with van der Waals surface area (Å²) in [6.07, 6.45) is 6.15. The third-order valence-corrected chi connectivity index (χ3v) is 4.75. The molecule has 0 saturated heterocycles. The summed E-state index contributed by atoms with van der Waals surface area (Å²) in [6, 6.07) is 3.18. The first kappa shape index (κ1) is 13.5. The fourth-order valence-electron chi connectivity index (χ4n) is 1.94. The molecule has 0 amide bonds. The van der Waals surface area contributed by atoms with Crippen LogP contribution in [0.3, 0.4) is 0 Å². The number of pyridine rings is 1. The normalized spacial score (nSPS) is 16.5. The second-order valence-corrected chi connectivity index (χ2v) is 6.41. The molecule has 1 aliphatic rings. The standard InChI is InChI=1S/C12H19N3O2S/c13-8-11-4-5-12(14-9-11)18(16,17)15-7-6-10-2-1-3-10/h4-5,9-10,15H,1-3,6-8,13H2. The zero-order valence-corrected chi connectivity index (χ0v) is 11.1. The number of aromatic nitrogens is 1. The third kappa shape index (κ3) is 3.28. The Morgan fingerprint density at radius 2 is 2.17 bits per heavy atom. The minimum absolute atomic E-state index is 0.0632. The first-order valence-corrected chi connectivity index (χ1v) is 7.75. The minimum Gasteiger partial charge on any atom is -0.326 e. The molecule has 3 N–H and O–H groups in total. The summed E-state index contributed by atoms with van der Waals surface area (Å²) in [6.45, 7) is 0.857. The van der Waals surface area contributed by atoms with Gasteiger partial charge < -0.3 is 5.73 Å². The molecule has 1 aromatic rings. The molecule has 0 unspecified atom stereocenters. The Hall–Kier alpha value is -0.980. The molecule has 0 spiro atoms. The van der Waals surface area contributed by atoms with E-state index in [9.17, 15) is 8.42 Å². The molecule has 18 heavy (non-hydrogen) atoms. The Bertz CT molecular complexity index is 481. The van der Waals surface area contributed by atoms with Crippen LogP contribution < -0.4 is 10.5 Å². The van der Waals surface area contributed by atoms with Gasteiger partial charge in [0, 0.05) is 19.3 Å². The van der Waals surface area contributed by atoms with Crippen molar-refractivity contribution in [3.63, 3.8) is 0 Å². The Kier molecular flexibility index (Phi) is 4.31. The van der Waals surface area contributed by atoms with Crippen LogP contribution in [-0.2, 0) is 16.6 Å². The van der Waals surface area contributed by atoms with Crippen molar-refractivity contribution in [3.8, 4) is 0 Å². The summed E-state index contributed by atoms with van der Waals surface area (Å²) in [5.41, 5.74) is 6.26. The summed E-state index contributed by atoms with van der Waals surface area (Å²) in [5, 5.41) is 0.0632. The lowest BCUT2D eigenvalue weighted by Gasteiger charge is -2.24. The van der Waals surface area contributed by atoms with Crippen LogP contribution in [0.4, 0.5) is 0 Å². The van der Waals surface area contributed by atoms with Crippen molar-refractivity contribution < 1.29 is 8.42 Å². The van der Waals surface area contributed by atoms with Crippen LogP contribution in [0.25, 0.3) is 0 Å². The first-order valence-electron chi connectivity index (χ1n) is 6.26. The molecule has 0 atom stereocenters. The Morgan fingerprint density at radius 1 is 1.39 bits per heavy atom. The fourth-order valence-corrected chi connectivity index (χ4v) is 2.92. The van der Waals surface area contributed by atoms with E-state index in [1.165, 1.54) is 31.5 Å².